The van der Waals surface area contributed by atoms with Crippen molar-refractivity contribution in [3.63, 3.8) is 0 Å². The van der Waals surface area contributed by atoms with Crippen molar-refractivity contribution >= 4 is 11.9 Å². The normalized spacial score (nSPS) is 13.4. The van der Waals surface area contributed by atoms with Crippen LogP contribution >= 0.6 is 0 Å². The zero-order valence-electron chi connectivity index (χ0n) is 41.0. The third kappa shape index (κ3) is 50.7. The van der Waals surface area contributed by atoms with Crippen molar-refractivity contribution in [1.29, 1.82) is 0 Å². The molecular formula is C59H94O5. The smallest absolute Gasteiger partial charge is 0.306 e. The van der Waals surface area contributed by atoms with Gasteiger partial charge in [-0.15, -0.1) is 0 Å². The summed E-state index contributed by atoms with van der Waals surface area (Å²) in [5.74, 6) is -0.667. The van der Waals surface area contributed by atoms with Crippen molar-refractivity contribution in [2.75, 3.05) is 13.2 Å². The number of hydrogen-bond acceptors (Lipinski definition) is 5. The van der Waals surface area contributed by atoms with Crippen LogP contribution in [0.1, 0.15) is 206 Å². The molecule has 1 unspecified atom stereocenters. The van der Waals surface area contributed by atoms with Crippen molar-refractivity contribution in [3.8, 4) is 0 Å². The fourth-order valence-corrected chi connectivity index (χ4v) is 6.65. The molecule has 0 saturated carbocycles. The third-order valence-electron chi connectivity index (χ3n) is 10.4. The van der Waals surface area contributed by atoms with Crippen molar-refractivity contribution in [2.24, 2.45) is 0 Å². The molecule has 0 aromatic carbocycles. The Morgan fingerprint density at radius 2 is 0.641 bits per heavy atom. The number of hydrogen-bond donors (Lipinski definition) is 1. The molecule has 0 spiro atoms. The topological polar surface area (TPSA) is 72.8 Å². The SMILES string of the molecule is CC/C=C\C/C=C\C/C=C\C/C=C\C/C=C\C/C=C\CCCCCCCCCCCCCCCCC(=O)OC(CO)COC(=O)CCC/C=C\C/C=C\C/C=C\C/C=C\C/C=C\CC. The molecule has 1 N–H and O–H groups in total. The number of ether oxygens (including phenoxy) is 2. The summed E-state index contributed by atoms with van der Waals surface area (Å²) >= 11 is 0. The third-order valence-corrected chi connectivity index (χ3v) is 10.4. The Bertz CT molecular complexity index is 1370. The minimum atomic E-state index is -0.804. The summed E-state index contributed by atoms with van der Waals surface area (Å²) in [6, 6.07) is 0. The lowest BCUT2D eigenvalue weighted by Gasteiger charge is -2.15. The predicted octanol–water partition coefficient (Wildman–Crippen LogP) is 17.3. The van der Waals surface area contributed by atoms with Crippen LogP contribution in [0.25, 0.3) is 0 Å². The van der Waals surface area contributed by atoms with Crippen molar-refractivity contribution in [3.05, 3.63) is 134 Å². The quantitative estimate of drug-likeness (QED) is 0.0375. The number of carbonyl (C=O) groups is 2. The second-order valence-electron chi connectivity index (χ2n) is 16.5. The average molecular weight is 883 g/mol. The lowest BCUT2D eigenvalue weighted by molar-refractivity contribution is -0.161. The van der Waals surface area contributed by atoms with Crippen LogP contribution in [0.4, 0.5) is 0 Å². The zero-order chi connectivity index (χ0) is 46.3. The number of esters is 2. The van der Waals surface area contributed by atoms with Crippen LogP contribution in [0.15, 0.2) is 134 Å². The van der Waals surface area contributed by atoms with Crippen LogP contribution in [-0.2, 0) is 19.1 Å². The summed E-state index contributed by atoms with van der Waals surface area (Å²) in [6.45, 7) is 3.85. The van der Waals surface area contributed by atoms with Gasteiger partial charge in [0.15, 0.2) is 6.10 Å². The average Bonchev–Trinajstić information content (AvgIpc) is 3.30. The van der Waals surface area contributed by atoms with Crippen molar-refractivity contribution in [2.45, 2.75) is 213 Å². The second kappa shape index (κ2) is 53.4. The lowest BCUT2D eigenvalue weighted by atomic mass is 10.0. The summed E-state index contributed by atoms with van der Waals surface area (Å²) in [6.07, 6.45) is 79.8. The number of aliphatic hydroxyl groups is 1. The Morgan fingerprint density at radius 3 is 0.984 bits per heavy atom. The van der Waals surface area contributed by atoms with E-state index in [1.165, 1.54) is 77.0 Å². The minimum absolute atomic E-state index is 0.103. The number of aliphatic hydroxyl groups excluding tert-OH is 1. The van der Waals surface area contributed by atoms with Gasteiger partial charge in [0.2, 0.25) is 0 Å². The van der Waals surface area contributed by atoms with Crippen LogP contribution < -0.4 is 0 Å². The lowest BCUT2D eigenvalue weighted by Crippen LogP contribution is -2.28. The van der Waals surface area contributed by atoms with Crippen LogP contribution in [0.3, 0.4) is 0 Å². The fraction of sp³-hybridized carbons (Fsp3) is 0.593. The minimum Gasteiger partial charge on any atom is -0.462 e. The van der Waals surface area contributed by atoms with E-state index in [0.717, 1.165) is 96.3 Å². The van der Waals surface area contributed by atoms with E-state index in [1.54, 1.807) is 0 Å². The van der Waals surface area contributed by atoms with Crippen molar-refractivity contribution < 1.29 is 24.2 Å². The molecule has 0 bridgehead atoms. The highest BCUT2D eigenvalue weighted by Crippen LogP contribution is 2.14. The van der Waals surface area contributed by atoms with Crippen LogP contribution in [0, 0.1) is 0 Å². The maximum Gasteiger partial charge on any atom is 0.306 e. The monoisotopic (exact) mass is 883 g/mol. The highest BCUT2D eigenvalue weighted by Gasteiger charge is 2.16. The molecule has 0 aromatic rings. The van der Waals surface area contributed by atoms with Gasteiger partial charge in [0.25, 0.3) is 0 Å². The first-order valence-electron chi connectivity index (χ1n) is 25.7. The molecule has 5 nitrogen and oxygen atoms in total. The Kier molecular flexibility index (Phi) is 50.1. The molecule has 1 atom stereocenters. The highest BCUT2D eigenvalue weighted by atomic mass is 16.6. The molecule has 64 heavy (non-hydrogen) atoms. The zero-order valence-corrected chi connectivity index (χ0v) is 41.0. The molecule has 0 radical (unpaired) electrons. The maximum atomic E-state index is 12.3. The van der Waals surface area contributed by atoms with E-state index in [0.29, 0.717) is 19.3 Å². The van der Waals surface area contributed by atoms with Gasteiger partial charge in [-0.1, -0.05) is 225 Å². The molecule has 0 amide bonds. The van der Waals surface area contributed by atoms with Gasteiger partial charge in [0, 0.05) is 12.8 Å². The Morgan fingerprint density at radius 1 is 0.359 bits per heavy atom. The molecule has 0 aliphatic rings. The van der Waals surface area contributed by atoms with E-state index in [4.69, 9.17) is 9.47 Å². The summed E-state index contributed by atoms with van der Waals surface area (Å²) < 4.78 is 10.6. The molecule has 0 aromatic heterocycles. The number of carbonyl (C=O) groups excluding carboxylic acids is 2. The van der Waals surface area contributed by atoms with E-state index < -0.39 is 6.10 Å². The van der Waals surface area contributed by atoms with Gasteiger partial charge in [-0.05, 0) is 103 Å². The molecule has 0 saturated heterocycles. The Hall–Kier alpha value is -3.96. The van der Waals surface area contributed by atoms with Gasteiger partial charge in [-0.25, -0.2) is 0 Å². The highest BCUT2D eigenvalue weighted by molar-refractivity contribution is 5.70. The van der Waals surface area contributed by atoms with E-state index >= 15 is 0 Å². The molecule has 0 aliphatic carbocycles. The number of unbranched alkanes of at least 4 members (excludes halogenated alkanes) is 15. The summed E-state index contributed by atoms with van der Waals surface area (Å²) in [5, 5.41) is 9.61. The van der Waals surface area contributed by atoms with Gasteiger partial charge in [0.1, 0.15) is 6.61 Å². The van der Waals surface area contributed by atoms with E-state index in [1.807, 2.05) is 0 Å². The molecule has 5 heteroatoms. The van der Waals surface area contributed by atoms with E-state index in [9.17, 15) is 14.7 Å². The summed E-state index contributed by atoms with van der Waals surface area (Å²) in [4.78, 5) is 24.4. The first-order valence-corrected chi connectivity index (χ1v) is 25.7. The van der Waals surface area contributed by atoms with Gasteiger partial charge >= 0.3 is 11.9 Å². The number of rotatable bonds is 45. The number of allylic oxidation sites excluding steroid dienone is 22. The molecule has 0 heterocycles. The standard InChI is InChI=1S/C59H94O5/c1-3-5-7-9-11-13-15-17-19-21-22-23-24-25-26-27-28-29-30-31-32-33-34-35-36-38-40-42-44-46-48-50-52-54-59(62)64-57(55-60)56-63-58(61)53-51-49-47-45-43-41-39-37-20-18-16-14-12-10-8-6-4-2/h5-8,11-14,17-20,22-23,25-26,28-29,39,41,45,47,57,60H,3-4,9-10,15-16,21,24,27,30-38,40,42-44,46,48-56H2,1-2H3/b7-5-,8-6-,13-11-,14-12-,19-17-,20-18-,23-22-,26-25-,29-28-,41-39-,47-45-. The van der Waals surface area contributed by atoms with Crippen LogP contribution in [0.2, 0.25) is 0 Å². The van der Waals surface area contributed by atoms with Gasteiger partial charge in [-0.2, -0.15) is 0 Å². The van der Waals surface area contributed by atoms with Crippen molar-refractivity contribution in [1.82, 2.24) is 0 Å². The van der Waals surface area contributed by atoms with E-state index in [2.05, 4.69) is 148 Å². The maximum absolute atomic E-state index is 12.3. The predicted molar refractivity (Wildman–Crippen MR) is 278 cm³/mol. The Labute approximate surface area is 394 Å². The van der Waals surface area contributed by atoms with E-state index in [-0.39, 0.29) is 25.2 Å². The molecule has 0 rings (SSSR count). The molecule has 0 fully saturated rings. The van der Waals surface area contributed by atoms with Crippen LogP contribution in [-0.4, -0.2) is 36.4 Å². The second-order valence-corrected chi connectivity index (χ2v) is 16.5. The van der Waals surface area contributed by atoms with Gasteiger partial charge in [-0.3, -0.25) is 9.59 Å². The first kappa shape index (κ1) is 60.0. The Balaban J connectivity index is 3.58. The molecular weight excluding hydrogens is 789 g/mol. The summed E-state index contributed by atoms with van der Waals surface area (Å²) in [5.41, 5.74) is 0. The van der Waals surface area contributed by atoms with Crippen LogP contribution in [0.5, 0.6) is 0 Å². The van der Waals surface area contributed by atoms with Gasteiger partial charge in [0.05, 0.1) is 6.61 Å². The largest absolute Gasteiger partial charge is 0.462 e. The molecule has 0 aliphatic heterocycles. The first-order chi connectivity index (χ1) is 31.6. The molecule has 360 valence electrons. The fourth-order valence-electron chi connectivity index (χ4n) is 6.65. The summed E-state index contributed by atoms with van der Waals surface area (Å²) in [7, 11) is 0. The van der Waals surface area contributed by atoms with Gasteiger partial charge < -0.3 is 14.6 Å².